The van der Waals surface area contributed by atoms with Crippen LogP contribution in [0.3, 0.4) is 0 Å². The minimum atomic E-state index is 0.472. The maximum atomic E-state index is 5.57. The third-order valence-corrected chi connectivity index (χ3v) is 3.07. The van der Waals surface area contributed by atoms with E-state index in [1.165, 1.54) is 19.4 Å². The van der Waals surface area contributed by atoms with Crippen molar-refractivity contribution in [1.82, 2.24) is 10.2 Å². The number of nitrogens with zero attached hydrogens (tertiary/aromatic N) is 1. The molecule has 3 heteroatoms. The molecule has 96 valence electrons. The Labute approximate surface area is 101 Å². The molecule has 1 heterocycles. The van der Waals surface area contributed by atoms with E-state index < -0.39 is 0 Å². The van der Waals surface area contributed by atoms with Crippen LogP contribution in [-0.2, 0) is 4.74 Å². The van der Waals surface area contributed by atoms with E-state index in [0.29, 0.717) is 6.10 Å². The van der Waals surface area contributed by atoms with E-state index in [2.05, 4.69) is 31.0 Å². The summed E-state index contributed by atoms with van der Waals surface area (Å²) in [7, 11) is 0. The molecule has 1 aliphatic rings. The predicted molar refractivity (Wildman–Crippen MR) is 68.8 cm³/mol. The summed E-state index contributed by atoms with van der Waals surface area (Å²) in [6.07, 6.45) is 2.94. The zero-order valence-electron chi connectivity index (χ0n) is 11.2. The van der Waals surface area contributed by atoms with Crippen molar-refractivity contribution in [3.8, 4) is 0 Å². The molecule has 0 bridgehead atoms. The van der Waals surface area contributed by atoms with Crippen molar-refractivity contribution in [3.63, 3.8) is 0 Å². The van der Waals surface area contributed by atoms with E-state index in [1.54, 1.807) is 0 Å². The van der Waals surface area contributed by atoms with E-state index in [1.807, 2.05) is 0 Å². The first-order valence-corrected chi connectivity index (χ1v) is 6.77. The number of hydrogen-bond donors (Lipinski definition) is 1. The highest BCUT2D eigenvalue weighted by Gasteiger charge is 2.14. The van der Waals surface area contributed by atoms with Crippen molar-refractivity contribution in [2.24, 2.45) is 5.92 Å². The lowest BCUT2D eigenvalue weighted by atomic mass is 10.2. The molecular weight excluding hydrogens is 200 g/mol. The van der Waals surface area contributed by atoms with Crippen molar-refractivity contribution in [2.45, 2.75) is 39.7 Å². The van der Waals surface area contributed by atoms with Crippen LogP contribution in [0.2, 0.25) is 0 Å². The Balaban J connectivity index is 1.99. The van der Waals surface area contributed by atoms with Gasteiger partial charge in [0.2, 0.25) is 0 Å². The van der Waals surface area contributed by atoms with Gasteiger partial charge in [-0.2, -0.15) is 0 Å². The van der Waals surface area contributed by atoms with Crippen LogP contribution in [0.1, 0.15) is 33.6 Å². The first-order chi connectivity index (χ1) is 7.72. The standard InChI is InChI=1S/C13H28N2O/c1-4-15(11-12(2)3)8-7-14-10-13-6-5-9-16-13/h12-14H,4-11H2,1-3H3. The summed E-state index contributed by atoms with van der Waals surface area (Å²) in [6.45, 7) is 13.4. The molecule has 1 fully saturated rings. The van der Waals surface area contributed by atoms with Crippen molar-refractivity contribution >= 4 is 0 Å². The lowest BCUT2D eigenvalue weighted by Gasteiger charge is -2.23. The van der Waals surface area contributed by atoms with E-state index in [4.69, 9.17) is 4.74 Å². The minimum Gasteiger partial charge on any atom is -0.377 e. The summed E-state index contributed by atoms with van der Waals surface area (Å²) in [5.74, 6) is 0.762. The van der Waals surface area contributed by atoms with Gasteiger partial charge in [-0.15, -0.1) is 0 Å². The second kappa shape index (κ2) is 8.04. The molecule has 0 spiro atoms. The zero-order chi connectivity index (χ0) is 11.8. The SMILES string of the molecule is CCN(CCNCC1CCCO1)CC(C)C. The molecule has 1 unspecified atom stereocenters. The minimum absolute atomic E-state index is 0.472. The Hall–Kier alpha value is -0.120. The Morgan fingerprint density at radius 1 is 1.44 bits per heavy atom. The molecule has 1 saturated heterocycles. The Morgan fingerprint density at radius 3 is 2.81 bits per heavy atom. The molecule has 0 amide bonds. The van der Waals surface area contributed by atoms with Crippen molar-refractivity contribution in [1.29, 1.82) is 0 Å². The Kier molecular flexibility index (Phi) is 7.01. The molecule has 0 aromatic heterocycles. The Bertz CT molecular complexity index is 167. The van der Waals surface area contributed by atoms with Gasteiger partial charge < -0.3 is 15.0 Å². The number of ether oxygens (including phenoxy) is 1. The van der Waals surface area contributed by atoms with Crippen molar-refractivity contribution < 1.29 is 4.74 Å². The summed E-state index contributed by atoms with van der Waals surface area (Å²) in [4.78, 5) is 2.51. The van der Waals surface area contributed by atoms with E-state index in [-0.39, 0.29) is 0 Å². The summed E-state index contributed by atoms with van der Waals surface area (Å²) >= 11 is 0. The molecule has 1 aliphatic heterocycles. The highest BCUT2D eigenvalue weighted by atomic mass is 16.5. The van der Waals surface area contributed by atoms with Gasteiger partial charge in [-0.1, -0.05) is 20.8 Å². The third kappa shape index (κ3) is 5.83. The van der Waals surface area contributed by atoms with Crippen LogP contribution in [-0.4, -0.2) is 50.3 Å². The molecule has 1 atom stereocenters. The van der Waals surface area contributed by atoms with Gasteiger partial charge in [0.1, 0.15) is 0 Å². The van der Waals surface area contributed by atoms with Gasteiger partial charge in [-0.05, 0) is 25.3 Å². The lowest BCUT2D eigenvalue weighted by molar-refractivity contribution is 0.109. The topological polar surface area (TPSA) is 24.5 Å². The summed E-state index contributed by atoms with van der Waals surface area (Å²) in [6, 6.07) is 0. The Morgan fingerprint density at radius 2 is 2.25 bits per heavy atom. The zero-order valence-corrected chi connectivity index (χ0v) is 11.2. The number of nitrogens with one attached hydrogen (secondary N) is 1. The molecule has 1 N–H and O–H groups in total. The van der Waals surface area contributed by atoms with Crippen molar-refractivity contribution in [3.05, 3.63) is 0 Å². The molecule has 16 heavy (non-hydrogen) atoms. The lowest BCUT2D eigenvalue weighted by Crippen LogP contribution is -2.36. The van der Waals surface area contributed by atoms with Gasteiger partial charge in [0, 0.05) is 32.8 Å². The van der Waals surface area contributed by atoms with Gasteiger partial charge in [-0.3, -0.25) is 0 Å². The number of rotatable bonds is 8. The van der Waals surface area contributed by atoms with Crippen LogP contribution >= 0.6 is 0 Å². The molecule has 3 nitrogen and oxygen atoms in total. The third-order valence-electron chi connectivity index (χ3n) is 3.07. The van der Waals surface area contributed by atoms with Crippen LogP contribution in [0.4, 0.5) is 0 Å². The molecule has 0 radical (unpaired) electrons. The van der Waals surface area contributed by atoms with Gasteiger partial charge >= 0.3 is 0 Å². The first-order valence-electron chi connectivity index (χ1n) is 6.77. The average molecular weight is 228 g/mol. The fraction of sp³-hybridized carbons (Fsp3) is 1.00. The normalized spacial score (nSPS) is 21.2. The molecular formula is C13H28N2O. The van der Waals surface area contributed by atoms with Crippen LogP contribution in [0, 0.1) is 5.92 Å². The summed E-state index contributed by atoms with van der Waals surface area (Å²) in [5.41, 5.74) is 0. The van der Waals surface area contributed by atoms with E-state index in [0.717, 1.165) is 38.7 Å². The molecule has 0 saturated carbocycles. The van der Waals surface area contributed by atoms with Crippen LogP contribution in [0.5, 0.6) is 0 Å². The van der Waals surface area contributed by atoms with E-state index >= 15 is 0 Å². The highest BCUT2D eigenvalue weighted by Crippen LogP contribution is 2.10. The van der Waals surface area contributed by atoms with Crippen LogP contribution in [0.15, 0.2) is 0 Å². The van der Waals surface area contributed by atoms with Gasteiger partial charge in [0.25, 0.3) is 0 Å². The van der Waals surface area contributed by atoms with Crippen LogP contribution < -0.4 is 5.32 Å². The number of likely N-dealkylation sites (N-methyl/N-ethyl adjacent to an activating group) is 1. The first kappa shape index (κ1) is 13.9. The monoisotopic (exact) mass is 228 g/mol. The second-order valence-electron chi connectivity index (χ2n) is 5.13. The number of hydrogen-bond acceptors (Lipinski definition) is 3. The summed E-state index contributed by atoms with van der Waals surface area (Å²) in [5, 5.41) is 3.50. The highest BCUT2D eigenvalue weighted by molar-refractivity contribution is 4.68. The molecule has 0 aliphatic carbocycles. The van der Waals surface area contributed by atoms with Gasteiger partial charge in [0.05, 0.1) is 6.10 Å². The fourth-order valence-corrected chi connectivity index (χ4v) is 2.20. The van der Waals surface area contributed by atoms with Gasteiger partial charge in [0.15, 0.2) is 0 Å². The quantitative estimate of drug-likeness (QED) is 0.640. The van der Waals surface area contributed by atoms with E-state index in [9.17, 15) is 0 Å². The maximum absolute atomic E-state index is 5.57. The maximum Gasteiger partial charge on any atom is 0.0700 e. The molecule has 0 aromatic carbocycles. The largest absolute Gasteiger partial charge is 0.377 e. The fourth-order valence-electron chi connectivity index (χ4n) is 2.20. The van der Waals surface area contributed by atoms with Gasteiger partial charge in [-0.25, -0.2) is 0 Å². The smallest absolute Gasteiger partial charge is 0.0700 e. The molecule has 0 aromatic rings. The average Bonchev–Trinajstić information content (AvgIpc) is 2.74. The second-order valence-corrected chi connectivity index (χ2v) is 5.13. The van der Waals surface area contributed by atoms with Crippen LogP contribution in [0.25, 0.3) is 0 Å². The molecule has 1 rings (SSSR count). The summed E-state index contributed by atoms with van der Waals surface area (Å²) < 4.78 is 5.57. The van der Waals surface area contributed by atoms with Crippen molar-refractivity contribution in [2.75, 3.05) is 39.3 Å². The predicted octanol–water partition coefficient (Wildman–Crippen LogP) is 1.73.